The smallest absolute Gasteiger partial charge is 0.256 e. The lowest BCUT2D eigenvalue weighted by molar-refractivity contribution is -0.124. The number of carbonyl (C=O) groups excluding carboxylic acids is 2. The van der Waals surface area contributed by atoms with E-state index >= 15 is 0 Å². The standard InChI is InChI=1S/C16H16ClN3O2S2/c17-13-4-2-1-3-12(13)16(22)20-10-24-8-14(20)15(21)18-6-5-11-7-23-9-19-11/h1-4,7,9,14H,5-6,8,10H2,(H,18,21)/t14-/m1/s1. The van der Waals surface area contributed by atoms with E-state index in [1.54, 1.807) is 46.4 Å². The predicted molar refractivity (Wildman–Crippen MR) is 97.6 cm³/mol. The molecule has 0 saturated carbocycles. The van der Waals surface area contributed by atoms with Crippen LogP contribution in [0.5, 0.6) is 0 Å². The average molecular weight is 382 g/mol. The molecule has 1 aliphatic heterocycles. The second-order valence-corrected chi connectivity index (χ2v) is 7.42. The highest BCUT2D eigenvalue weighted by Gasteiger charge is 2.35. The van der Waals surface area contributed by atoms with E-state index in [1.807, 2.05) is 5.38 Å². The van der Waals surface area contributed by atoms with Crippen LogP contribution >= 0.6 is 34.7 Å². The molecular formula is C16H16ClN3O2S2. The van der Waals surface area contributed by atoms with Crippen molar-refractivity contribution < 1.29 is 9.59 Å². The average Bonchev–Trinajstić information content (AvgIpc) is 3.26. The summed E-state index contributed by atoms with van der Waals surface area (Å²) in [7, 11) is 0. The topological polar surface area (TPSA) is 62.3 Å². The van der Waals surface area contributed by atoms with Crippen molar-refractivity contribution in [2.45, 2.75) is 12.5 Å². The zero-order chi connectivity index (χ0) is 16.9. The fourth-order valence-corrected chi connectivity index (χ4v) is 4.41. The number of hydrogen-bond acceptors (Lipinski definition) is 5. The minimum atomic E-state index is -0.464. The number of amides is 2. The van der Waals surface area contributed by atoms with Gasteiger partial charge in [0, 0.05) is 24.1 Å². The molecule has 2 amide bonds. The van der Waals surface area contributed by atoms with Crippen LogP contribution in [0.1, 0.15) is 16.1 Å². The van der Waals surface area contributed by atoms with Gasteiger partial charge in [0.05, 0.1) is 27.7 Å². The zero-order valence-corrected chi connectivity index (χ0v) is 15.2. The molecule has 1 aliphatic rings. The van der Waals surface area contributed by atoms with Gasteiger partial charge in [0.1, 0.15) is 6.04 Å². The molecule has 2 aromatic rings. The van der Waals surface area contributed by atoms with Gasteiger partial charge in [0.25, 0.3) is 5.91 Å². The van der Waals surface area contributed by atoms with Crippen LogP contribution in [0.25, 0.3) is 0 Å². The molecule has 0 radical (unpaired) electrons. The molecule has 24 heavy (non-hydrogen) atoms. The molecule has 1 atom stereocenters. The van der Waals surface area contributed by atoms with Crippen LogP contribution in [0, 0.1) is 0 Å². The maximum atomic E-state index is 12.7. The van der Waals surface area contributed by atoms with Gasteiger partial charge in [-0.1, -0.05) is 23.7 Å². The molecule has 1 N–H and O–H groups in total. The third-order valence-electron chi connectivity index (χ3n) is 3.71. The van der Waals surface area contributed by atoms with E-state index in [0.717, 1.165) is 5.69 Å². The summed E-state index contributed by atoms with van der Waals surface area (Å²) in [6, 6.07) is 6.45. The lowest BCUT2D eigenvalue weighted by atomic mass is 10.1. The minimum Gasteiger partial charge on any atom is -0.354 e. The molecule has 1 aromatic carbocycles. The van der Waals surface area contributed by atoms with Gasteiger partial charge in [-0.15, -0.1) is 23.1 Å². The van der Waals surface area contributed by atoms with Crippen molar-refractivity contribution in [1.29, 1.82) is 0 Å². The van der Waals surface area contributed by atoms with Crippen LogP contribution in [0.15, 0.2) is 35.2 Å². The summed E-state index contributed by atoms with van der Waals surface area (Å²) < 4.78 is 0. The highest BCUT2D eigenvalue weighted by Crippen LogP contribution is 2.26. The molecule has 8 heteroatoms. The van der Waals surface area contributed by atoms with E-state index in [9.17, 15) is 9.59 Å². The van der Waals surface area contributed by atoms with Crippen LogP contribution in [-0.2, 0) is 11.2 Å². The molecule has 0 spiro atoms. The van der Waals surface area contributed by atoms with Crippen LogP contribution < -0.4 is 5.32 Å². The molecule has 0 aliphatic carbocycles. The van der Waals surface area contributed by atoms with Crippen molar-refractivity contribution in [3.8, 4) is 0 Å². The number of aromatic nitrogens is 1. The Kier molecular flexibility index (Phi) is 5.76. The summed E-state index contributed by atoms with van der Waals surface area (Å²) in [5.74, 6) is 0.758. The van der Waals surface area contributed by atoms with Crippen molar-refractivity contribution >= 4 is 46.5 Å². The Balaban J connectivity index is 1.61. The number of hydrogen-bond donors (Lipinski definition) is 1. The van der Waals surface area contributed by atoms with Crippen molar-refractivity contribution in [3.63, 3.8) is 0 Å². The number of thiazole rings is 1. The molecule has 5 nitrogen and oxygen atoms in total. The summed E-state index contributed by atoms with van der Waals surface area (Å²) in [6.45, 7) is 0.512. The third-order valence-corrected chi connectivity index (χ3v) is 5.69. The zero-order valence-electron chi connectivity index (χ0n) is 12.8. The van der Waals surface area contributed by atoms with Crippen LogP contribution in [0.3, 0.4) is 0 Å². The van der Waals surface area contributed by atoms with E-state index in [1.165, 1.54) is 11.3 Å². The predicted octanol–water partition coefficient (Wildman–Crippen LogP) is 2.67. The van der Waals surface area contributed by atoms with E-state index in [2.05, 4.69) is 10.3 Å². The summed E-state index contributed by atoms with van der Waals surface area (Å²) in [6.07, 6.45) is 0.688. The lowest BCUT2D eigenvalue weighted by Crippen LogP contribution is -2.47. The molecular weight excluding hydrogens is 366 g/mol. The Morgan fingerprint density at radius 2 is 2.21 bits per heavy atom. The molecule has 126 valence electrons. The summed E-state index contributed by atoms with van der Waals surface area (Å²) >= 11 is 9.21. The minimum absolute atomic E-state index is 0.129. The Labute approximate surface area is 153 Å². The number of thioether (sulfide) groups is 1. The van der Waals surface area contributed by atoms with Gasteiger partial charge in [-0.25, -0.2) is 4.98 Å². The molecule has 1 saturated heterocycles. The number of carbonyl (C=O) groups is 2. The fraction of sp³-hybridized carbons (Fsp3) is 0.312. The molecule has 1 fully saturated rings. The molecule has 1 aromatic heterocycles. The summed E-state index contributed by atoms with van der Waals surface area (Å²) in [5.41, 5.74) is 3.17. The molecule has 0 bridgehead atoms. The SMILES string of the molecule is O=C(NCCc1cscn1)[C@H]1CSCN1C(=O)c1ccccc1Cl. The number of nitrogens with zero attached hydrogens (tertiary/aromatic N) is 2. The van der Waals surface area contributed by atoms with Gasteiger partial charge in [0.2, 0.25) is 5.91 Å². The molecule has 0 unspecified atom stereocenters. The van der Waals surface area contributed by atoms with Crippen LogP contribution in [-0.4, -0.2) is 45.9 Å². The number of halogens is 1. The van der Waals surface area contributed by atoms with Gasteiger partial charge >= 0.3 is 0 Å². The largest absolute Gasteiger partial charge is 0.354 e. The maximum absolute atomic E-state index is 12.7. The number of rotatable bonds is 5. The lowest BCUT2D eigenvalue weighted by Gasteiger charge is -2.23. The second kappa shape index (κ2) is 8.00. The summed E-state index contributed by atoms with van der Waals surface area (Å²) in [5, 5.41) is 5.27. The van der Waals surface area contributed by atoms with Gasteiger partial charge in [0.15, 0.2) is 0 Å². The Morgan fingerprint density at radius 1 is 1.38 bits per heavy atom. The first-order valence-corrected chi connectivity index (χ1v) is 9.92. The van der Waals surface area contributed by atoms with E-state index in [0.29, 0.717) is 35.2 Å². The van der Waals surface area contributed by atoms with E-state index in [4.69, 9.17) is 11.6 Å². The first-order valence-electron chi connectivity index (χ1n) is 7.45. The van der Waals surface area contributed by atoms with Crippen molar-refractivity contribution in [2.75, 3.05) is 18.2 Å². The van der Waals surface area contributed by atoms with E-state index in [-0.39, 0.29) is 11.8 Å². The second-order valence-electron chi connectivity index (χ2n) is 5.29. The van der Waals surface area contributed by atoms with Gasteiger partial charge in [-0.3, -0.25) is 9.59 Å². The Morgan fingerprint density at radius 3 is 2.96 bits per heavy atom. The highest BCUT2D eigenvalue weighted by molar-refractivity contribution is 7.99. The van der Waals surface area contributed by atoms with Crippen molar-refractivity contribution in [3.05, 3.63) is 51.4 Å². The highest BCUT2D eigenvalue weighted by atomic mass is 35.5. The Bertz CT molecular complexity index is 724. The summed E-state index contributed by atoms with van der Waals surface area (Å²) in [4.78, 5) is 30.9. The van der Waals surface area contributed by atoms with Crippen molar-refractivity contribution in [1.82, 2.24) is 15.2 Å². The van der Waals surface area contributed by atoms with Crippen LogP contribution in [0.2, 0.25) is 5.02 Å². The van der Waals surface area contributed by atoms with Gasteiger partial charge in [-0.2, -0.15) is 0 Å². The number of nitrogens with one attached hydrogen (secondary N) is 1. The normalized spacial score (nSPS) is 17.0. The monoisotopic (exact) mass is 381 g/mol. The first kappa shape index (κ1) is 17.3. The first-order chi connectivity index (χ1) is 11.7. The fourth-order valence-electron chi connectivity index (χ4n) is 2.44. The van der Waals surface area contributed by atoms with Gasteiger partial charge in [-0.05, 0) is 12.1 Å². The van der Waals surface area contributed by atoms with E-state index < -0.39 is 6.04 Å². The van der Waals surface area contributed by atoms with Crippen LogP contribution in [0.4, 0.5) is 0 Å². The van der Waals surface area contributed by atoms with Gasteiger partial charge < -0.3 is 10.2 Å². The third kappa shape index (κ3) is 3.91. The Hall–Kier alpha value is -1.57. The molecule has 3 rings (SSSR count). The maximum Gasteiger partial charge on any atom is 0.256 e. The van der Waals surface area contributed by atoms with Crippen molar-refractivity contribution in [2.24, 2.45) is 0 Å². The molecule has 2 heterocycles. The quantitative estimate of drug-likeness (QED) is 0.864. The number of benzene rings is 1.